The number of nitrogens with zero attached hydrogens (tertiary/aromatic N) is 1. The van der Waals surface area contributed by atoms with E-state index in [1.54, 1.807) is 0 Å². The van der Waals surface area contributed by atoms with Crippen LogP contribution in [-0.4, -0.2) is 5.96 Å². The van der Waals surface area contributed by atoms with Crippen molar-refractivity contribution in [2.45, 2.75) is 11.3 Å². The normalized spacial score (nSPS) is 13.4. The van der Waals surface area contributed by atoms with Gasteiger partial charge in [-0.25, -0.2) is 4.99 Å². The summed E-state index contributed by atoms with van der Waals surface area (Å²) in [4.78, 5) is 5.47. The Balaban J connectivity index is 2.02. The average molecular weight is 290 g/mol. The highest BCUT2D eigenvalue weighted by Gasteiger charge is 2.14. The van der Waals surface area contributed by atoms with Gasteiger partial charge in [0, 0.05) is 11.4 Å². The van der Waals surface area contributed by atoms with Crippen molar-refractivity contribution in [2.75, 3.05) is 0 Å². The predicted octanol–water partition coefficient (Wildman–Crippen LogP) is 3.49. The molecule has 3 rings (SSSR count). The third-order valence-electron chi connectivity index (χ3n) is 2.92. The van der Waals surface area contributed by atoms with Crippen molar-refractivity contribution >= 4 is 35.2 Å². The van der Waals surface area contributed by atoms with E-state index in [2.05, 4.69) is 15.8 Å². The van der Waals surface area contributed by atoms with Crippen LogP contribution in [0.3, 0.4) is 0 Å². The minimum Gasteiger partial charge on any atom is -0.369 e. The van der Waals surface area contributed by atoms with Crippen LogP contribution in [0.15, 0.2) is 52.4 Å². The van der Waals surface area contributed by atoms with Gasteiger partial charge in [-0.2, -0.15) is 0 Å². The SMILES string of the molecule is NC1=Nc2c(Cc3ccccc3Cl)cccc2SN1. The Bertz CT molecular complexity index is 655. The van der Waals surface area contributed by atoms with Crippen LogP contribution in [0.2, 0.25) is 5.02 Å². The van der Waals surface area contributed by atoms with E-state index < -0.39 is 0 Å². The molecule has 0 spiro atoms. The second-order valence-corrected chi connectivity index (χ2v) is 5.49. The molecule has 0 aromatic heterocycles. The summed E-state index contributed by atoms with van der Waals surface area (Å²) < 4.78 is 2.96. The van der Waals surface area contributed by atoms with Gasteiger partial charge in [-0.05, 0) is 35.2 Å². The van der Waals surface area contributed by atoms with Crippen LogP contribution in [0, 0.1) is 0 Å². The van der Waals surface area contributed by atoms with E-state index in [0.717, 1.165) is 33.2 Å². The molecule has 2 aromatic rings. The number of hydrogen-bond acceptors (Lipinski definition) is 4. The lowest BCUT2D eigenvalue weighted by molar-refractivity contribution is 1.14. The summed E-state index contributed by atoms with van der Waals surface area (Å²) in [5.41, 5.74) is 8.89. The number of halogens is 1. The number of aliphatic imine (C=N–C) groups is 1. The second-order valence-electron chi connectivity index (χ2n) is 4.23. The maximum absolute atomic E-state index is 6.21. The first-order chi connectivity index (χ1) is 9.24. The van der Waals surface area contributed by atoms with Crippen molar-refractivity contribution in [2.24, 2.45) is 10.7 Å². The van der Waals surface area contributed by atoms with Gasteiger partial charge in [0.1, 0.15) is 0 Å². The summed E-state index contributed by atoms with van der Waals surface area (Å²) in [6.07, 6.45) is 0.750. The van der Waals surface area contributed by atoms with E-state index in [4.69, 9.17) is 17.3 Å². The number of hydrogen-bond donors (Lipinski definition) is 2. The fraction of sp³-hybridized carbons (Fsp3) is 0.0714. The molecule has 5 heteroatoms. The van der Waals surface area contributed by atoms with Crippen molar-refractivity contribution in [3.05, 3.63) is 58.6 Å². The van der Waals surface area contributed by atoms with Gasteiger partial charge < -0.3 is 5.73 Å². The topological polar surface area (TPSA) is 50.4 Å². The first-order valence-corrected chi connectivity index (χ1v) is 7.06. The molecule has 0 bridgehead atoms. The summed E-state index contributed by atoms with van der Waals surface area (Å²) in [6.45, 7) is 0. The van der Waals surface area contributed by atoms with Crippen molar-refractivity contribution in [3.63, 3.8) is 0 Å². The first kappa shape index (κ1) is 12.4. The Labute approximate surface area is 121 Å². The number of nitrogens with one attached hydrogen (secondary N) is 1. The fourth-order valence-electron chi connectivity index (χ4n) is 2.02. The zero-order valence-electron chi connectivity index (χ0n) is 10.1. The molecule has 3 N–H and O–H groups in total. The second kappa shape index (κ2) is 5.15. The van der Waals surface area contributed by atoms with Crippen LogP contribution >= 0.6 is 23.5 Å². The standard InChI is InChI=1S/C14H12ClN3S/c15-11-6-2-1-4-9(11)8-10-5-3-7-12-13(10)17-14(16)18-19-12/h1-7H,8H2,(H3,16,17,18). The molecule has 1 aliphatic heterocycles. The number of para-hydroxylation sites is 1. The van der Waals surface area contributed by atoms with Crippen LogP contribution in [0.1, 0.15) is 11.1 Å². The van der Waals surface area contributed by atoms with E-state index in [0.29, 0.717) is 5.96 Å². The Morgan fingerprint density at radius 2 is 1.89 bits per heavy atom. The lowest BCUT2D eigenvalue weighted by Crippen LogP contribution is -2.27. The highest BCUT2D eigenvalue weighted by Crippen LogP contribution is 2.35. The largest absolute Gasteiger partial charge is 0.369 e. The van der Waals surface area contributed by atoms with Crippen LogP contribution in [0.5, 0.6) is 0 Å². The molecule has 0 atom stereocenters. The summed E-state index contributed by atoms with van der Waals surface area (Å²) in [5.74, 6) is 0.434. The molecule has 0 saturated carbocycles. The summed E-state index contributed by atoms with van der Waals surface area (Å²) in [6, 6.07) is 14.0. The van der Waals surface area contributed by atoms with Gasteiger partial charge in [0.15, 0.2) is 0 Å². The molecule has 0 radical (unpaired) electrons. The minimum absolute atomic E-state index is 0.434. The van der Waals surface area contributed by atoms with Gasteiger partial charge in [-0.1, -0.05) is 41.9 Å². The third kappa shape index (κ3) is 2.55. The van der Waals surface area contributed by atoms with Crippen LogP contribution in [0.25, 0.3) is 0 Å². The molecular formula is C14H12ClN3S. The molecule has 19 heavy (non-hydrogen) atoms. The lowest BCUT2D eigenvalue weighted by atomic mass is 10.0. The molecule has 0 unspecified atom stereocenters. The van der Waals surface area contributed by atoms with Gasteiger partial charge >= 0.3 is 0 Å². The van der Waals surface area contributed by atoms with Crippen molar-refractivity contribution in [1.29, 1.82) is 0 Å². The quantitative estimate of drug-likeness (QED) is 0.832. The van der Waals surface area contributed by atoms with Crippen molar-refractivity contribution < 1.29 is 0 Å². The van der Waals surface area contributed by atoms with Crippen LogP contribution in [0.4, 0.5) is 5.69 Å². The highest BCUT2D eigenvalue weighted by molar-refractivity contribution is 7.98. The fourth-order valence-corrected chi connectivity index (χ4v) is 2.90. The molecule has 0 aliphatic carbocycles. The Morgan fingerprint density at radius 3 is 2.74 bits per heavy atom. The first-order valence-electron chi connectivity index (χ1n) is 5.86. The van der Waals surface area contributed by atoms with Crippen LogP contribution in [-0.2, 0) is 6.42 Å². The minimum atomic E-state index is 0.434. The third-order valence-corrected chi connectivity index (χ3v) is 4.15. The predicted molar refractivity (Wildman–Crippen MR) is 81.0 cm³/mol. The van der Waals surface area contributed by atoms with Gasteiger partial charge in [-0.15, -0.1) is 0 Å². The lowest BCUT2D eigenvalue weighted by Gasteiger charge is -2.17. The molecule has 0 amide bonds. The van der Waals surface area contributed by atoms with Crippen LogP contribution < -0.4 is 10.5 Å². The molecule has 3 nitrogen and oxygen atoms in total. The van der Waals surface area contributed by atoms with E-state index in [9.17, 15) is 0 Å². The zero-order chi connectivity index (χ0) is 13.2. The van der Waals surface area contributed by atoms with E-state index in [-0.39, 0.29) is 0 Å². The van der Waals surface area contributed by atoms with Gasteiger partial charge in [0.05, 0.1) is 10.6 Å². The monoisotopic (exact) mass is 289 g/mol. The summed E-state index contributed by atoms with van der Waals surface area (Å²) >= 11 is 7.69. The highest BCUT2D eigenvalue weighted by atomic mass is 35.5. The zero-order valence-corrected chi connectivity index (χ0v) is 11.6. The Hall–Kier alpha value is -1.65. The number of guanidine groups is 1. The maximum atomic E-state index is 6.21. The maximum Gasteiger partial charge on any atom is 0.204 e. The number of benzene rings is 2. The van der Waals surface area contributed by atoms with E-state index in [1.165, 1.54) is 11.9 Å². The van der Waals surface area contributed by atoms with E-state index >= 15 is 0 Å². The van der Waals surface area contributed by atoms with Gasteiger partial charge in [0.25, 0.3) is 0 Å². The molecule has 96 valence electrons. The number of nitrogens with two attached hydrogens (primary N) is 1. The molecule has 1 heterocycles. The number of rotatable bonds is 2. The Morgan fingerprint density at radius 1 is 1.11 bits per heavy atom. The number of fused-ring (bicyclic) bond motifs is 1. The van der Waals surface area contributed by atoms with Crippen molar-refractivity contribution in [3.8, 4) is 0 Å². The van der Waals surface area contributed by atoms with E-state index in [1.807, 2.05) is 36.4 Å². The van der Waals surface area contributed by atoms with Gasteiger partial charge in [0.2, 0.25) is 5.96 Å². The average Bonchev–Trinajstić information content (AvgIpc) is 2.42. The smallest absolute Gasteiger partial charge is 0.204 e. The van der Waals surface area contributed by atoms with Crippen molar-refractivity contribution in [1.82, 2.24) is 4.72 Å². The molecule has 1 aliphatic rings. The summed E-state index contributed by atoms with van der Waals surface area (Å²) in [7, 11) is 0. The Kier molecular flexibility index (Phi) is 3.36. The molecule has 0 fully saturated rings. The molecule has 0 saturated heterocycles. The van der Waals surface area contributed by atoms with Gasteiger partial charge in [-0.3, -0.25) is 4.72 Å². The summed E-state index contributed by atoms with van der Waals surface area (Å²) in [5, 5.41) is 0.777. The molecular weight excluding hydrogens is 278 g/mol. The molecule has 2 aromatic carbocycles.